The summed E-state index contributed by atoms with van der Waals surface area (Å²) in [6, 6.07) is 1.16. The van der Waals surface area contributed by atoms with Crippen LogP contribution in [-0.2, 0) is 10.0 Å². The first-order valence-corrected chi connectivity index (χ1v) is 8.77. The van der Waals surface area contributed by atoms with Crippen LogP contribution in [0.5, 0.6) is 0 Å². The van der Waals surface area contributed by atoms with Crippen LogP contribution in [0.1, 0.15) is 20.3 Å². The van der Waals surface area contributed by atoms with Gasteiger partial charge in [0.25, 0.3) is 0 Å². The fourth-order valence-corrected chi connectivity index (χ4v) is 5.63. The molecule has 1 aromatic rings. The molecule has 0 radical (unpaired) electrons. The third-order valence-corrected chi connectivity index (χ3v) is 7.82. The van der Waals surface area contributed by atoms with E-state index in [1.165, 1.54) is 6.07 Å². The van der Waals surface area contributed by atoms with Crippen molar-refractivity contribution in [3.8, 4) is 0 Å². The average molecular weight is 375 g/mol. The Morgan fingerprint density at radius 3 is 2.61 bits per heavy atom. The number of rotatable bonds is 3. The van der Waals surface area contributed by atoms with Crippen molar-refractivity contribution in [3.63, 3.8) is 0 Å². The van der Waals surface area contributed by atoms with Crippen LogP contribution in [0.4, 0.5) is 0 Å². The lowest BCUT2D eigenvalue weighted by Gasteiger charge is -2.49. The van der Waals surface area contributed by atoms with Gasteiger partial charge in [0.15, 0.2) is 0 Å². The summed E-state index contributed by atoms with van der Waals surface area (Å²) in [6.45, 7) is 3.68. The van der Waals surface area contributed by atoms with Crippen LogP contribution in [-0.4, -0.2) is 25.7 Å². The lowest BCUT2D eigenvalue weighted by molar-refractivity contribution is -0.0645. The van der Waals surface area contributed by atoms with Crippen molar-refractivity contribution in [2.45, 2.75) is 36.6 Å². The quantitative estimate of drug-likeness (QED) is 0.854. The molecule has 18 heavy (non-hydrogen) atoms. The molecule has 102 valence electrons. The number of sulfonamides is 1. The van der Waals surface area contributed by atoms with Gasteiger partial charge in [0.2, 0.25) is 10.0 Å². The molecular formula is C10H13BrClNO3S2. The van der Waals surface area contributed by atoms with Crippen LogP contribution in [0.15, 0.2) is 14.1 Å². The smallest absolute Gasteiger partial charge is 0.250 e. The second-order valence-electron chi connectivity index (χ2n) is 4.93. The molecular weight excluding hydrogens is 362 g/mol. The van der Waals surface area contributed by atoms with Crippen LogP contribution in [0.3, 0.4) is 0 Å². The van der Waals surface area contributed by atoms with Crippen LogP contribution < -0.4 is 4.72 Å². The Labute approximate surface area is 124 Å². The number of hydrogen-bond acceptors (Lipinski definition) is 4. The van der Waals surface area contributed by atoms with E-state index in [0.29, 0.717) is 15.2 Å². The molecule has 0 spiro atoms. The topological polar surface area (TPSA) is 66.4 Å². The molecule has 8 heteroatoms. The molecule has 0 aromatic carbocycles. The first-order chi connectivity index (χ1) is 8.14. The second-order valence-corrected chi connectivity index (χ2v) is 9.65. The highest BCUT2D eigenvalue weighted by Crippen LogP contribution is 2.42. The standard InChI is InChI=1S/C10H13BrClNO3S2/c1-10(2)6(4-7(10)14)13-18(15,16)8-3-5(12)9(11)17-8/h3,6-7,13-14H,4H2,1-2H3. The van der Waals surface area contributed by atoms with Crippen LogP contribution in [0.25, 0.3) is 0 Å². The average Bonchev–Trinajstić information content (AvgIpc) is 2.59. The molecule has 0 bridgehead atoms. The maximum atomic E-state index is 12.1. The van der Waals surface area contributed by atoms with Crippen molar-refractivity contribution in [1.82, 2.24) is 4.72 Å². The van der Waals surface area contributed by atoms with Gasteiger partial charge in [-0.3, -0.25) is 0 Å². The van der Waals surface area contributed by atoms with Crippen molar-refractivity contribution in [2.75, 3.05) is 0 Å². The van der Waals surface area contributed by atoms with Crippen LogP contribution >= 0.6 is 38.9 Å². The Hall–Kier alpha value is 0.340. The maximum absolute atomic E-state index is 12.1. The van der Waals surface area contributed by atoms with Crippen LogP contribution in [0.2, 0.25) is 5.02 Å². The minimum absolute atomic E-state index is 0.177. The van der Waals surface area contributed by atoms with Crippen molar-refractivity contribution >= 4 is 48.9 Å². The van der Waals surface area contributed by atoms with Crippen molar-refractivity contribution in [3.05, 3.63) is 14.9 Å². The number of aliphatic hydroxyl groups excluding tert-OH is 1. The maximum Gasteiger partial charge on any atom is 0.250 e. The number of thiophene rings is 1. The zero-order valence-electron chi connectivity index (χ0n) is 9.78. The normalized spacial score (nSPS) is 26.9. The van der Waals surface area contributed by atoms with E-state index in [4.69, 9.17) is 11.6 Å². The second kappa shape index (κ2) is 4.71. The van der Waals surface area contributed by atoms with E-state index in [-0.39, 0.29) is 10.3 Å². The first-order valence-electron chi connectivity index (χ1n) is 5.30. The predicted octanol–water partition coefficient (Wildman–Crippen LogP) is 2.60. The third-order valence-electron chi connectivity index (χ3n) is 3.40. The molecule has 1 aliphatic carbocycles. The van der Waals surface area contributed by atoms with Gasteiger partial charge < -0.3 is 5.11 Å². The van der Waals surface area contributed by atoms with E-state index >= 15 is 0 Å². The van der Waals surface area contributed by atoms with Crippen molar-refractivity contribution < 1.29 is 13.5 Å². The van der Waals surface area contributed by atoms with Crippen molar-refractivity contribution in [1.29, 1.82) is 0 Å². The van der Waals surface area contributed by atoms with E-state index in [2.05, 4.69) is 20.7 Å². The number of hydrogen-bond donors (Lipinski definition) is 2. The SMILES string of the molecule is CC1(C)C(O)CC1NS(=O)(=O)c1cc(Cl)c(Br)s1. The van der Waals surface area contributed by atoms with E-state index in [0.717, 1.165) is 11.3 Å². The lowest BCUT2D eigenvalue weighted by atomic mass is 9.65. The van der Waals surface area contributed by atoms with E-state index in [9.17, 15) is 13.5 Å². The Balaban J connectivity index is 2.19. The zero-order valence-corrected chi connectivity index (χ0v) is 13.8. The number of aliphatic hydroxyl groups is 1. The monoisotopic (exact) mass is 373 g/mol. The molecule has 4 nitrogen and oxygen atoms in total. The number of nitrogens with one attached hydrogen (secondary N) is 1. The van der Waals surface area contributed by atoms with E-state index in [1.54, 1.807) is 0 Å². The van der Waals surface area contributed by atoms with Gasteiger partial charge in [0, 0.05) is 11.5 Å². The van der Waals surface area contributed by atoms with Gasteiger partial charge in [0.05, 0.1) is 14.9 Å². The summed E-state index contributed by atoms with van der Waals surface area (Å²) in [7, 11) is -3.57. The molecule has 1 aliphatic rings. The summed E-state index contributed by atoms with van der Waals surface area (Å²) < 4.78 is 27.7. The first kappa shape index (κ1) is 14.7. The van der Waals surface area contributed by atoms with Crippen molar-refractivity contribution in [2.24, 2.45) is 5.41 Å². The molecule has 1 aromatic heterocycles. The molecule has 0 amide bonds. The van der Waals surface area contributed by atoms with Gasteiger partial charge in [-0.05, 0) is 28.4 Å². The Morgan fingerprint density at radius 1 is 1.61 bits per heavy atom. The number of halogens is 2. The molecule has 2 N–H and O–H groups in total. The fraction of sp³-hybridized carbons (Fsp3) is 0.600. The Kier molecular flexibility index (Phi) is 3.86. The van der Waals surface area contributed by atoms with Gasteiger partial charge >= 0.3 is 0 Å². The van der Waals surface area contributed by atoms with Gasteiger partial charge in [-0.25, -0.2) is 13.1 Å². The van der Waals surface area contributed by atoms with Crippen LogP contribution in [0, 0.1) is 5.41 Å². The molecule has 2 rings (SSSR count). The van der Waals surface area contributed by atoms with Gasteiger partial charge in [-0.1, -0.05) is 25.4 Å². The van der Waals surface area contributed by atoms with E-state index < -0.39 is 21.5 Å². The molecule has 2 atom stereocenters. The highest BCUT2D eigenvalue weighted by Gasteiger charge is 2.49. The Morgan fingerprint density at radius 2 is 2.22 bits per heavy atom. The summed E-state index contributed by atoms with van der Waals surface area (Å²) in [5.74, 6) is 0. The van der Waals surface area contributed by atoms with Gasteiger partial charge in [-0.15, -0.1) is 11.3 Å². The Bertz CT molecular complexity index is 550. The summed E-state index contributed by atoms with van der Waals surface area (Å²) in [6.07, 6.45) is -0.0316. The molecule has 1 fully saturated rings. The molecule has 1 heterocycles. The highest BCUT2D eigenvalue weighted by atomic mass is 79.9. The summed E-state index contributed by atoms with van der Waals surface area (Å²) in [4.78, 5) is 0. The van der Waals surface area contributed by atoms with E-state index in [1.807, 2.05) is 13.8 Å². The largest absolute Gasteiger partial charge is 0.392 e. The molecule has 2 unspecified atom stereocenters. The minimum Gasteiger partial charge on any atom is -0.392 e. The van der Waals surface area contributed by atoms with Gasteiger partial charge in [0.1, 0.15) is 4.21 Å². The lowest BCUT2D eigenvalue weighted by Crippen LogP contribution is -2.60. The minimum atomic E-state index is -3.57. The molecule has 1 saturated carbocycles. The summed E-state index contributed by atoms with van der Waals surface area (Å²) in [5, 5.41) is 9.98. The summed E-state index contributed by atoms with van der Waals surface area (Å²) in [5.41, 5.74) is -0.439. The highest BCUT2D eigenvalue weighted by molar-refractivity contribution is 9.11. The molecule has 0 saturated heterocycles. The zero-order chi connectivity index (χ0) is 13.7. The predicted molar refractivity (Wildman–Crippen MR) is 75.5 cm³/mol. The molecule has 0 aliphatic heterocycles. The fourth-order valence-electron chi connectivity index (χ4n) is 1.81. The van der Waals surface area contributed by atoms with Gasteiger partial charge in [-0.2, -0.15) is 0 Å². The summed E-state index contributed by atoms with van der Waals surface area (Å²) >= 11 is 10.1. The third kappa shape index (κ3) is 2.48.